The maximum Gasteiger partial charge on any atom is 0.238 e. The molecule has 2 N–H and O–H groups in total. The molecular formula is C22H20ClFN2O2. The quantitative estimate of drug-likeness (QED) is 0.600. The van der Waals surface area contributed by atoms with Crippen molar-refractivity contribution in [2.75, 3.05) is 19.0 Å². The molecular weight excluding hydrogens is 379 g/mol. The van der Waals surface area contributed by atoms with Gasteiger partial charge in [-0.2, -0.15) is 0 Å². The highest BCUT2D eigenvalue weighted by Gasteiger charge is 2.16. The van der Waals surface area contributed by atoms with E-state index in [-0.39, 0.29) is 23.5 Å². The lowest BCUT2D eigenvalue weighted by atomic mass is 9.98. The van der Waals surface area contributed by atoms with Crippen LogP contribution in [0.3, 0.4) is 0 Å². The molecule has 4 nitrogen and oxygen atoms in total. The average molecular weight is 399 g/mol. The fourth-order valence-corrected chi connectivity index (χ4v) is 3.06. The second kappa shape index (κ2) is 9.35. The molecule has 1 unspecified atom stereocenters. The molecule has 0 aromatic heterocycles. The van der Waals surface area contributed by atoms with Crippen LogP contribution in [0.2, 0.25) is 5.02 Å². The van der Waals surface area contributed by atoms with Crippen LogP contribution in [-0.4, -0.2) is 19.6 Å². The Kier molecular flexibility index (Phi) is 6.63. The Morgan fingerprint density at radius 2 is 1.71 bits per heavy atom. The van der Waals surface area contributed by atoms with Crippen molar-refractivity contribution < 1.29 is 13.9 Å². The summed E-state index contributed by atoms with van der Waals surface area (Å²) in [5.41, 5.74) is 2.40. The molecule has 3 rings (SSSR count). The molecule has 3 aromatic carbocycles. The SMILES string of the molecule is COc1ccc(C(NCC(=O)Nc2ccc(F)cc2Cl)c2ccccc2)cc1. The Morgan fingerprint density at radius 1 is 1.04 bits per heavy atom. The number of hydrogen-bond acceptors (Lipinski definition) is 3. The van der Waals surface area contributed by atoms with E-state index < -0.39 is 5.82 Å². The van der Waals surface area contributed by atoms with E-state index in [0.29, 0.717) is 5.69 Å². The minimum absolute atomic E-state index is 0.0549. The summed E-state index contributed by atoms with van der Waals surface area (Å²) in [6.07, 6.45) is 0. The zero-order valence-electron chi connectivity index (χ0n) is 15.3. The maximum absolute atomic E-state index is 13.1. The zero-order chi connectivity index (χ0) is 19.9. The maximum atomic E-state index is 13.1. The third-order valence-corrected chi connectivity index (χ3v) is 4.57. The lowest BCUT2D eigenvalue weighted by molar-refractivity contribution is -0.115. The number of nitrogens with one attached hydrogen (secondary N) is 2. The molecule has 0 aliphatic heterocycles. The molecule has 0 bridgehead atoms. The molecule has 0 aliphatic carbocycles. The van der Waals surface area contributed by atoms with Gasteiger partial charge in [0.1, 0.15) is 11.6 Å². The monoisotopic (exact) mass is 398 g/mol. The van der Waals surface area contributed by atoms with Crippen molar-refractivity contribution in [2.45, 2.75) is 6.04 Å². The van der Waals surface area contributed by atoms with E-state index in [1.165, 1.54) is 12.1 Å². The van der Waals surface area contributed by atoms with Crippen molar-refractivity contribution in [3.05, 3.63) is 94.8 Å². The third kappa shape index (κ3) is 5.09. The Bertz CT molecular complexity index is 933. The number of hydrogen-bond donors (Lipinski definition) is 2. The normalized spacial score (nSPS) is 11.7. The predicted octanol–water partition coefficient (Wildman–Crippen LogP) is 4.81. The molecule has 1 amide bonds. The van der Waals surface area contributed by atoms with E-state index in [1.54, 1.807) is 7.11 Å². The fraction of sp³-hybridized carbons (Fsp3) is 0.136. The number of carbonyl (C=O) groups excluding carboxylic acids is 1. The number of benzene rings is 3. The lowest BCUT2D eigenvalue weighted by Crippen LogP contribution is -2.32. The first kappa shape index (κ1) is 19.9. The highest BCUT2D eigenvalue weighted by Crippen LogP contribution is 2.25. The van der Waals surface area contributed by atoms with E-state index in [4.69, 9.17) is 16.3 Å². The Labute approximate surface area is 168 Å². The van der Waals surface area contributed by atoms with Gasteiger partial charge < -0.3 is 10.1 Å². The molecule has 3 aromatic rings. The van der Waals surface area contributed by atoms with Crippen LogP contribution in [-0.2, 0) is 4.79 Å². The highest BCUT2D eigenvalue weighted by molar-refractivity contribution is 6.33. The number of methoxy groups -OCH3 is 1. The van der Waals surface area contributed by atoms with Gasteiger partial charge in [-0.25, -0.2) is 4.39 Å². The number of halogens is 2. The van der Waals surface area contributed by atoms with Crippen LogP contribution in [0.5, 0.6) is 5.75 Å². The van der Waals surface area contributed by atoms with Crippen molar-refractivity contribution >= 4 is 23.2 Å². The molecule has 0 aliphatic rings. The van der Waals surface area contributed by atoms with E-state index in [1.807, 2.05) is 54.6 Å². The van der Waals surface area contributed by atoms with Crippen molar-refractivity contribution in [1.82, 2.24) is 5.32 Å². The molecule has 0 heterocycles. The summed E-state index contributed by atoms with van der Waals surface area (Å²) in [6.45, 7) is 0.0549. The molecule has 0 saturated carbocycles. The van der Waals surface area contributed by atoms with Crippen LogP contribution in [0.25, 0.3) is 0 Å². The number of amides is 1. The van der Waals surface area contributed by atoms with Gasteiger partial charge in [-0.1, -0.05) is 54.1 Å². The van der Waals surface area contributed by atoms with Crippen LogP contribution in [0, 0.1) is 5.82 Å². The third-order valence-electron chi connectivity index (χ3n) is 4.25. The molecule has 6 heteroatoms. The molecule has 0 radical (unpaired) electrons. The minimum atomic E-state index is -0.454. The molecule has 1 atom stereocenters. The summed E-state index contributed by atoms with van der Waals surface area (Å²) in [4.78, 5) is 12.4. The van der Waals surface area contributed by atoms with Crippen LogP contribution < -0.4 is 15.4 Å². The molecule has 0 saturated heterocycles. The number of ether oxygens (including phenoxy) is 1. The number of anilines is 1. The van der Waals surface area contributed by atoms with Gasteiger partial charge in [-0.05, 0) is 41.5 Å². The van der Waals surface area contributed by atoms with Crippen molar-refractivity contribution in [3.63, 3.8) is 0 Å². The van der Waals surface area contributed by atoms with E-state index in [0.717, 1.165) is 22.9 Å². The largest absolute Gasteiger partial charge is 0.497 e. The fourth-order valence-electron chi connectivity index (χ4n) is 2.85. The average Bonchev–Trinajstić information content (AvgIpc) is 2.71. The summed E-state index contributed by atoms with van der Waals surface area (Å²) in [5.74, 6) is 0.0342. The van der Waals surface area contributed by atoms with Gasteiger partial charge in [0.25, 0.3) is 0 Å². The number of rotatable bonds is 7. The number of carbonyl (C=O) groups is 1. The van der Waals surface area contributed by atoms with E-state index in [9.17, 15) is 9.18 Å². The first-order valence-electron chi connectivity index (χ1n) is 8.74. The van der Waals surface area contributed by atoms with Gasteiger partial charge in [0.05, 0.1) is 30.4 Å². The molecule has 0 fully saturated rings. The van der Waals surface area contributed by atoms with Crippen molar-refractivity contribution in [2.24, 2.45) is 0 Å². The smallest absolute Gasteiger partial charge is 0.238 e. The first-order chi connectivity index (χ1) is 13.6. The van der Waals surface area contributed by atoms with Crippen LogP contribution in [0.15, 0.2) is 72.8 Å². The van der Waals surface area contributed by atoms with E-state index in [2.05, 4.69) is 10.6 Å². The second-order valence-corrected chi connectivity index (χ2v) is 6.58. The Hall–Kier alpha value is -2.89. The Morgan fingerprint density at radius 3 is 2.36 bits per heavy atom. The summed E-state index contributed by atoms with van der Waals surface area (Å²) in [7, 11) is 1.62. The summed E-state index contributed by atoms with van der Waals surface area (Å²) < 4.78 is 18.4. The second-order valence-electron chi connectivity index (χ2n) is 6.17. The van der Waals surface area contributed by atoms with Gasteiger partial charge in [-0.3, -0.25) is 10.1 Å². The van der Waals surface area contributed by atoms with Gasteiger partial charge in [0.15, 0.2) is 0 Å². The van der Waals surface area contributed by atoms with Gasteiger partial charge in [-0.15, -0.1) is 0 Å². The van der Waals surface area contributed by atoms with E-state index >= 15 is 0 Å². The van der Waals surface area contributed by atoms with Gasteiger partial charge >= 0.3 is 0 Å². The summed E-state index contributed by atoms with van der Waals surface area (Å²) in [5, 5.41) is 6.12. The van der Waals surface area contributed by atoms with Crippen molar-refractivity contribution in [3.8, 4) is 5.75 Å². The van der Waals surface area contributed by atoms with Crippen LogP contribution in [0.1, 0.15) is 17.2 Å². The van der Waals surface area contributed by atoms with Gasteiger partial charge in [0, 0.05) is 0 Å². The van der Waals surface area contributed by atoms with Crippen LogP contribution >= 0.6 is 11.6 Å². The molecule has 28 heavy (non-hydrogen) atoms. The lowest BCUT2D eigenvalue weighted by Gasteiger charge is -2.20. The van der Waals surface area contributed by atoms with Crippen LogP contribution in [0.4, 0.5) is 10.1 Å². The standard InChI is InChI=1S/C22H20ClFN2O2/c1-28-18-10-7-16(8-11-18)22(15-5-3-2-4-6-15)25-14-21(27)26-20-12-9-17(24)13-19(20)23/h2-13,22,25H,14H2,1H3,(H,26,27). The van der Waals surface area contributed by atoms with Crippen molar-refractivity contribution in [1.29, 1.82) is 0 Å². The minimum Gasteiger partial charge on any atom is -0.497 e. The summed E-state index contributed by atoms with van der Waals surface area (Å²) in [6, 6.07) is 21.2. The first-order valence-corrected chi connectivity index (χ1v) is 9.12. The molecule has 0 spiro atoms. The Balaban J connectivity index is 1.73. The van der Waals surface area contributed by atoms with Gasteiger partial charge in [0.2, 0.25) is 5.91 Å². The highest BCUT2D eigenvalue weighted by atomic mass is 35.5. The topological polar surface area (TPSA) is 50.4 Å². The summed E-state index contributed by atoms with van der Waals surface area (Å²) >= 11 is 5.97. The molecule has 144 valence electrons. The zero-order valence-corrected chi connectivity index (χ0v) is 16.0. The predicted molar refractivity (Wildman–Crippen MR) is 109 cm³/mol.